The lowest BCUT2D eigenvalue weighted by Crippen LogP contribution is -2.30. The maximum atomic E-state index is 11.7. The Labute approximate surface area is 111 Å². The first-order chi connectivity index (χ1) is 8.76. The topological polar surface area (TPSA) is 49.8 Å². The van der Waals surface area contributed by atoms with Gasteiger partial charge in [-0.05, 0) is 24.6 Å². The van der Waals surface area contributed by atoms with Gasteiger partial charge >= 0.3 is 0 Å². The molecule has 2 rings (SSSR count). The molecule has 1 amide bonds. The van der Waals surface area contributed by atoms with Gasteiger partial charge in [-0.2, -0.15) is 0 Å². The Balaban J connectivity index is 2.12. The second kappa shape index (κ2) is 6.11. The summed E-state index contributed by atoms with van der Waals surface area (Å²) in [5.74, 6) is 1.41. The van der Waals surface area contributed by atoms with Crippen molar-refractivity contribution in [2.45, 2.75) is 12.3 Å². The summed E-state index contributed by atoms with van der Waals surface area (Å²) in [6.07, 6.45) is 0. The number of aliphatic hydroxyl groups excluding tert-OH is 1. The van der Waals surface area contributed by atoms with Crippen molar-refractivity contribution >= 4 is 17.7 Å². The number of carbonyl (C=O) groups excluding carboxylic acids is 1. The van der Waals surface area contributed by atoms with E-state index in [1.54, 1.807) is 16.7 Å². The second-order valence-corrected chi connectivity index (χ2v) is 5.04. The van der Waals surface area contributed by atoms with Crippen molar-refractivity contribution < 1.29 is 14.6 Å². The van der Waals surface area contributed by atoms with Crippen LogP contribution in [0.4, 0.5) is 0 Å². The van der Waals surface area contributed by atoms with Crippen molar-refractivity contribution in [2.24, 2.45) is 0 Å². The number of hydrogen-bond acceptors (Lipinski definition) is 4. The Morgan fingerprint density at radius 1 is 1.44 bits per heavy atom. The monoisotopic (exact) mass is 267 g/mol. The molecule has 1 unspecified atom stereocenters. The molecule has 0 aromatic heterocycles. The van der Waals surface area contributed by atoms with Crippen LogP contribution >= 0.6 is 11.8 Å². The molecule has 4 nitrogen and oxygen atoms in total. The van der Waals surface area contributed by atoms with Gasteiger partial charge in [0.15, 0.2) is 0 Å². The van der Waals surface area contributed by atoms with Gasteiger partial charge in [-0.1, -0.05) is 12.1 Å². The molecule has 1 heterocycles. The summed E-state index contributed by atoms with van der Waals surface area (Å²) in [7, 11) is 0. The van der Waals surface area contributed by atoms with Crippen LogP contribution in [-0.2, 0) is 4.79 Å². The van der Waals surface area contributed by atoms with E-state index in [0.717, 1.165) is 11.3 Å². The van der Waals surface area contributed by atoms with Gasteiger partial charge in [0, 0.05) is 6.54 Å². The molecular weight excluding hydrogens is 250 g/mol. The Morgan fingerprint density at radius 3 is 2.78 bits per heavy atom. The Kier molecular flexibility index (Phi) is 4.49. The predicted octanol–water partition coefficient (Wildman–Crippen LogP) is 1.65. The standard InChI is InChI=1S/C13H17NO3S/c1-2-17-11-5-3-10(4-6-11)13-14(7-8-15)12(16)9-18-13/h3-6,13,15H,2,7-9H2,1H3. The van der Waals surface area contributed by atoms with E-state index in [4.69, 9.17) is 9.84 Å². The number of benzene rings is 1. The molecule has 0 radical (unpaired) electrons. The zero-order chi connectivity index (χ0) is 13.0. The highest BCUT2D eigenvalue weighted by Gasteiger charge is 2.32. The molecule has 1 atom stereocenters. The molecule has 98 valence electrons. The number of thioether (sulfide) groups is 1. The summed E-state index contributed by atoms with van der Waals surface area (Å²) in [5, 5.41) is 9.01. The van der Waals surface area contributed by atoms with Crippen LogP contribution in [0.3, 0.4) is 0 Å². The van der Waals surface area contributed by atoms with Crippen LogP contribution in [0.1, 0.15) is 17.9 Å². The van der Waals surface area contributed by atoms with Gasteiger partial charge in [0.05, 0.1) is 19.0 Å². The van der Waals surface area contributed by atoms with Gasteiger partial charge in [0.2, 0.25) is 5.91 Å². The normalized spacial score (nSPS) is 19.3. The third-order valence-corrected chi connectivity index (χ3v) is 4.04. The summed E-state index contributed by atoms with van der Waals surface area (Å²) in [6, 6.07) is 7.79. The third-order valence-electron chi connectivity index (χ3n) is 2.79. The number of amides is 1. The number of β-amino-alcohol motifs (C(OH)–C–C–N with tert-alkyl or cyclic N) is 1. The van der Waals surface area contributed by atoms with Crippen LogP contribution in [0, 0.1) is 0 Å². The molecule has 18 heavy (non-hydrogen) atoms. The molecule has 1 fully saturated rings. The van der Waals surface area contributed by atoms with Crippen molar-refractivity contribution in [3.8, 4) is 5.75 Å². The highest BCUT2D eigenvalue weighted by Crippen LogP contribution is 2.38. The molecule has 0 saturated carbocycles. The zero-order valence-corrected chi connectivity index (χ0v) is 11.2. The number of aliphatic hydroxyl groups is 1. The minimum Gasteiger partial charge on any atom is -0.494 e. The lowest BCUT2D eigenvalue weighted by Gasteiger charge is -2.23. The number of carbonyl (C=O) groups is 1. The first-order valence-electron chi connectivity index (χ1n) is 6.01. The number of rotatable bonds is 5. The van der Waals surface area contributed by atoms with Gasteiger partial charge in [-0.15, -0.1) is 11.8 Å². The van der Waals surface area contributed by atoms with Gasteiger partial charge in [0.25, 0.3) is 0 Å². The number of hydrogen-bond donors (Lipinski definition) is 1. The van der Waals surface area contributed by atoms with Crippen LogP contribution in [0.15, 0.2) is 24.3 Å². The van der Waals surface area contributed by atoms with Gasteiger partial charge in [-0.3, -0.25) is 4.79 Å². The first-order valence-corrected chi connectivity index (χ1v) is 7.06. The lowest BCUT2D eigenvalue weighted by molar-refractivity contribution is -0.128. The van der Waals surface area contributed by atoms with E-state index in [1.807, 2.05) is 31.2 Å². The molecule has 1 aromatic carbocycles. The molecule has 0 bridgehead atoms. The average Bonchev–Trinajstić information content (AvgIpc) is 2.73. The van der Waals surface area contributed by atoms with Crippen molar-refractivity contribution in [2.75, 3.05) is 25.5 Å². The summed E-state index contributed by atoms with van der Waals surface area (Å²) in [5.41, 5.74) is 1.07. The van der Waals surface area contributed by atoms with Crippen LogP contribution in [0.5, 0.6) is 5.75 Å². The van der Waals surface area contributed by atoms with E-state index in [-0.39, 0.29) is 17.9 Å². The molecule has 1 saturated heterocycles. The van der Waals surface area contributed by atoms with Crippen LogP contribution in [0.25, 0.3) is 0 Å². The fourth-order valence-electron chi connectivity index (χ4n) is 1.98. The van der Waals surface area contributed by atoms with Crippen LogP contribution < -0.4 is 4.74 Å². The minimum absolute atomic E-state index is 0.000169. The van der Waals surface area contributed by atoms with Crippen LogP contribution in [0.2, 0.25) is 0 Å². The fourth-order valence-corrected chi connectivity index (χ4v) is 3.19. The average molecular weight is 267 g/mol. The molecular formula is C13H17NO3S. The molecule has 1 aliphatic heterocycles. The largest absolute Gasteiger partial charge is 0.494 e. The molecule has 1 aromatic rings. The van der Waals surface area contributed by atoms with Crippen LogP contribution in [-0.4, -0.2) is 41.4 Å². The number of nitrogens with zero attached hydrogens (tertiary/aromatic N) is 1. The summed E-state index contributed by atoms with van der Waals surface area (Å²) < 4.78 is 5.39. The third kappa shape index (κ3) is 2.79. The maximum absolute atomic E-state index is 11.7. The molecule has 1 N–H and O–H groups in total. The maximum Gasteiger partial charge on any atom is 0.233 e. The lowest BCUT2D eigenvalue weighted by atomic mass is 10.2. The van der Waals surface area contributed by atoms with Crippen molar-refractivity contribution in [1.29, 1.82) is 0 Å². The van der Waals surface area contributed by atoms with E-state index in [2.05, 4.69) is 0 Å². The summed E-state index contributed by atoms with van der Waals surface area (Å²) >= 11 is 1.60. The molecule has 0 spiro atoms. The zero-order valence-electron chi connectivity index (χ0n) is 10.3. The van der Waals surface area contributed by atoms with Gasteiger partial charge < -0.3 is 14.7 Å². The van der Waals surface area contributed by atoms with E-state index in [1.165, 1.54) is 0 Å². The summed E-state index contributed by atoms with van der Waals surface area (Å²) in [4.78, 5) is 13.4. The van der Waals surface area contributed by atoms with E-state index >= 15 is 0 Å². The van der Waals surface area contributed by atoms with Crippen molar-refractivity contribution in [3.63, 3.8) is 0 Å². The molecule has 0 aliphatic carbocycles. The minimum atomic E-state index is -0.000169. The van der Waals surface area contributed by atoms with E-state index in [0.29, 0.717) is 18.9 Å². The Hall–Kier alpha value is -1.20. The van der Waals surface area contributed by atoms with E-state index in [9.17, 15) is 4.79 Å². The quantitative estimate of drug-likeness (QED) is 0.881. The smallest absolute Gasteiger partial charge is 0.233 e. The van der Waals surface area contributed by atoms with Crippen molar-refractivity contribution in [3.05, 3.63) is 29.8 Å². The highest BCUT2D eigenvalue weighted by atomic mass is 32.2. The van der Waals surface area contributed by atoms with E-state index < -0.39 is 0 Å². The van der Waals surface area contributed by atoms with Crippen molar-refractivity contribution in [1.82, 2.24) is 4.90 Å². The molecule has 1 aliphatic rings. The van der Waals surface area contributed by atoms with Gasteiger partial charge in [-0.25, -0.2) is 0 Å². The summed E-state index contributed by atoms with van der Waals surface area (Å²) in [6.45, 7) is 2.98. The highest BCUT2D eigenvalue weighted by molar-refractivity contribution is 8.00. The first kappa shape index (κ1) is 13.2. The second-order valence-electron chi connectivity index (χ2n) is 3.98. The molecule has 5 heteroatoms. The number of ether oxygens (including phenoxy) is 1. The Morgan fingerprint density at radius 2 is 2.17 bits per heavy atom. The fraction of sp³-hybridized carbons (Fsp3) is 0.462. The SMILES string of the molecule is CCOc1ccc(C2SCC(=O)N2CCO)cc1. The van der Waals surface area contributed by atoms with Gasteiger partial charge in [0.1, 0.15) is 11.1 Å². The Bertz CT molecular complexity index is 407. The predicted molar refractivity (Wildman–Crippen MR) is 71.6 cm³/mol.